The van der Waals surface area contributed by atoms with Crippen LogP contribution in [0.5, 0.6) is 0 Å². The molecule has 0 spiro atoms. The maximum Gasteiger partial charge on any atom is 0.404 e. The summed E-state index contributed by atoms with van der Waals surface area (Å²) in [6.07, 6.45) is 4.53. The van der Waals surface area contributed by atoms with Crippen LogP contribution < -0.4 is 5.73 Å². The lowest BCUT2D eigenvalue weighted by atomic mass is 9.86. The third kappa shape index (κ3) is 3.56. The molecule has 0 heterocycles. The van der Waals surface area contributed by atoms with Crippen LogP contribution in [0.25, 0.3) is 0 Å². The summed E-state index contributed by atoms with van der Waals surface area (Å²) in [7, 11) is 1.38. The Kier molecular flexibility index (Phi) is 4.82. The number of hydrogen-bond acceptors (Lipinski definition) is 4. The van der Waals surface area contributed by atoms with Crippen LogP contribution in [0, 0.1) is 5.92 Å². The van der Waals surface area contributed by atoms with Crippen LogP contribution >= 0.6 is 0 Å². The molecule has 1 aliphatic rings. The van der Waals surface area contributed by atoms with Crippen molar-refractivity contribution in [1.82, 2.24) is 0 Å². The molecule has 0 radical (unpaired) electrons. The molecule has 1 amide bonds. The van der Waals surface area contributed by atoms with E-state index < -0.39 is 6.09 Å². The van der Waals surface area contributed by atoms with Crippen LogP contribution in [-0.4, -0.2) is 25.8 Å². The Labute approximate surface area is 94.6 Å². The van der Waals surface area contributed by atoms with Gasteiger partial charge in [-0.2, -0.15) is 0 Å². The zero-order valence-electron chi connectivity index (χ0n) is 9.40. The number of ether oxygens (including phenoxy) is 2. The number of carbonyl (C=O) groups excluding carboxylic acids is 2. The Morgan fingerprint density at radius 3 is 2.94 bits per heavy atom. The van der Waals surface area contributed by atoms with Gasteiger partial charge in [0, 0.05) is 6.42 Å². The Hall–Kier alpha value is -1.52. The standard InChI is InChI=1S/C11H17NO4/c1-15-10(13)9-5-3-2-4-8(9)6-7-16-11(12)14/h4,9H,2-3,5-7H2,1H3,(H2,12,14). The minimum atomic E-state index is -0.786. The van der Waals surface area contributed by atoms with Gasteiger partial charge in [-0.3, -0.25) is 4.79 Å². The number of amides is 1. The second-order valence-corrected chi connectivity index (χ2v) is 3.70. The summed E-state index contributed by atoms with van der Waals surface area (Å²) in [5.74, 6) is -0.403. The molecule has 5 heteroatoms. The fourth-order valence-corrected chi connectivity index (χ4v) is 1.89. The summed E-state index contributed by atoms with van der Waals surface area (Å²) in [5, 5.41) is 0. The maximum absolute atomic E-state index is 11.5. The van der Waals surface area contributed by atoms with E-state index in [2.05, 4.69) is 4.74 Å². The second kappa shape index (κ2) is 6.15. The van der Waals surface area contributed by atoms with Gasteiger partial charge in [0.15, 0.2) is 0 Å². The van der Waals surface area contributed by atoms with Gasteiger partial charge >= 0.3 is 12.1 Å². The number of esters is 1. The molecule has 0 aromatic rings. The molecule has 16 heavy (non-hydrogen) atoms. The highest BCUT2D eigenvalue weighted by molar-refractivity contribution is 5.75. The summed E-state index contributed by atoms with van der Waals surface area (Å²) >= 11 is 0. The molecule has 0 aromatic heterocycles. The van der Waals surface area contributed by atoms with Gasteiger partial charge in [-0.25, -0.2) is 4.79 Å². The smallest absolute Gasteiger partial charge is 0.404 e. The number of allylic oxidation sites excluding steroid dienone is 1. The van der Waals surface area contributed by atoms with Crippen molar-refractivity contribution in [2.75, 3.05) is 13.7 Å². The first-order valence-electron chi connectivity index (χ1n) is 5.34. The molecule has 0 fully saturated rings. The van der Waals surface area contributed by atoms with E-state index >= 15 is 0 Å². The molecule has 0 bridgehead atoms. The van der Waals surface area contributed by atoms with E-state index in [1.165, 1.54) is 7.11 Å². The Balaban J connectivity index is 2.50. The quantitative estimate of drug-likeness (QED) is 0.581. The van der Waals surface area contributed by atoms with Crippen molar-refractivity contribution in [2.24, 2.45) is 11.7 Å². The van der Waals surface area contributed by atoms with Crippen molar-refractivity contribution < 1.29 is 19.1 Å². The fraction of sp³-hybridized carbons (Fsp3) is 0.636. The molecule has 0 aliphatic heterocycles. The van der Waals surface area contributed by atoms with Crippen molar-refractivity contribution in [1.29, 1.82) is 0 Å². The van der Waals surface area contributed by atoms with Crippen molar-refractivity contribution in [3.8, 4) is 0 Å². The van der Waals surface area contributed by atoms with Crippen molar-refractivity contribution in [3.05, 3.63) is 11.6 Å². The van der Waals surface area contributed by atoms with Crippen LogP contribution in [0.2, 0.25) is 0 Å². The van der Waals surface area contributed by atoms with E-state index in [-0.39, 0.29) is 18.5 Å². The number of primary amides is 1. The Morgan fingerprint density at radius 2 is 2.31 bits per heavy atom. The molecular weight excluding hydrogens is 210 g/mol. The van der Waals surface area contributed by atoms with Crippen LogP contribution in [0.1, 0.15) is 25.7 Å². The van der Waals surface area contributed by atoms with Gasteiger partial charge in [-0.1, -0.05) is 11.6 Å². The van der Waals surface area contributed by atoms with Crippen molar-refractivity contribution in [2.45, 2.75) is 25.7 Å². The first kappa shape index (κ1) is 12.5. The van der Waals surface area contributed by atoms with Crippen LogP contribution in [0.3, 0.4) is 0 Å². The van der Waals surface area contributed by atoms with Crippen LogP contribution in [-0.2, 0) is 14.3 Å². The lowest BCUT2D eigenvalue weighted by molar-refractivity contribution is -0.144. The summed E-state index contributed by atoms with van der Waals surface area (Å²) < 4.78 is 9.39. The van der Waals surface area contributed by atoms with E-state index in [9.17, 15) is 9.59 Å². The predicted octanol–water partition coefficient (Wildman–Crippen LogP) is 1.37. The van der Waals surface area contributed by atoms with Crippen molar-refractivity contribution >= 4 is 12.1 Å². The second-order valence-electron chi connectivity index (χ2n) is 3.70. The van der Waals surface area contributed by atoms with Gasteiger partial charge in [0.05, 0.1) is 19.6 Å². The number of methoxy groups -OCH3 is 1. The maximum atomic E-state index is 11.5. The molecule has 1 aliphatic carbocycles. The highest BCUT2D eigenvalue weighted by atomic mass is 16.5. The third-order valence-electron chi connectivity index (χ3n) is 2.67. The summed E-state index contributed by atoms with van der Waals surface area (Å²) in [6, 6.07) is 0. The number of carbonyl (C=O) groups is 2. The first-order chi connectivity index (χ1) is 7.65. The summed E-state index contributed by atoms with van der Waals surface area (Å²) in [5.41, 5.74) is 5.84. The fourth-order valence-electron chi connectivity index (χ4n) is 1.89. The highest BCUT2D eigenvalue weighted by Crippen LogP contribution is 2.28. The van der Waals surface area contributed by atoms with E-state index in [4.69, 9.17) is 10.5 Å². The normalized spacial score (nSPS) is 19.8. The lowest BCUT2D eigenvalue weighted by Gasteiger charge is -2.21. The van der Waals surface area contributed by atoms with Crippen molar-refractivity contribution in [3.63, 3.8) is 0 Å². The van der Waals surface area contributed by atoms with Crippen LogP contribution in [0.4, 0.5) is 4.79 Å². The van der Waals surface area contributed by atoms with Gasteiger partial charge in [0.2, 0.25) is 0 Å². The van der Waals surface area contributed by atoms with E-state index in [1.54, 1.807) is 0 Å². The minimum absolute atomic E-state index is 0.185. The monoisotopic (exact) mass is 227 g/mol. The molecule has 2 N–H and O–H groups in total. The number of rotatable bonds is 4. The molecule has 5 nitrogen and oxygen atoms in total. The molecule has 90 valence electrons. The lowest BCUT2D eigenvalue weighted by Crippen LogP contribution is -2.22. The topological polar surface area (TPSA) is 78.6 Å². The average Bonchev–Trinajstić information content (AvgIpc) is 2.28. The van der Waals surface area contributed by atoms with Gasteiger partial charge in [-0.15, -0.1) is 0 Å². The first-order valence-corrected chi connectivity index (χ1v) is 5.34. The molecule has 0 saturated carbocycles. The van der Waals surface area contributed by atoms with Gasteiger partial charge in [0.25, 0.3) is 0 Å². The minimum Gasteiger partial charge on any atom is -0.469 e. The van der Waals surface area contributed by atoms with Gasteiger partial charge < -0.3 is 15.2 Å². The zero-order chi connectivity index (χ0) is 12.0. The Morgan fingerprint density at radius 1 is 1.56 bits per heavy atom. The zero-order valence-corrected chi connectivity index (χ0v) is 9.40. The molecule has 1 atom stereocenters. The van der Waals surface area contributed by atoms with E-state index in [1.807, 2.05) is 6.08 Å². The highest BCUT2D eigenvalue weighted by Gasteiger charge is 2.25. The van der Waals surface area contributed by atoms with E-state index in [0.717, 1.165) is 24.8 Å². The van der Waals surface area contributed by atoms with Gasteiger partial charge in [-0.05, 0) is 19.3 Å². The molecule has 1 unspecified atom stereocenters. The summed E-state index contributed by atoms with van der Waals surface area (Å²) in [6.45, 7) is 0.217. The van der Waals surface area contributed by atoms with Crippen LogP contribution in [0.15, 0.2) is 11.6 Å². The average molecular weight is 227 g/mol. The molecular formula is C11H17NO4. The molecule has 0 saturated heterocycles. The number of hydrogen-bond donors (Lipinski definition) is 1. The SMILES string of the molecule is COC(=O)C1CCCC=C1CCOC(N)=O. The third-order valence-corrected chi connectivity index (χ3v) is 2.67. The predicted molar refractivity (Wildman–Crippen MR) is 57.6 cm³/mol. The Bertz CT molecular complexity index is 298. The largest absolute Gasteiger partial charge is 0.469 e. The number of nitrogens with two attached hydrogens (primary N) is 1. The summed E-state index contributed by atoms with van der Waals surface area (Å²) in [4.78, 5) is 21.9. The van der Waals surface area contributed by atoms with Gasteiger partial charge in [0.1, 0.15) is 0 Å². The molecule has 0 aromatic carbocycles. The van der Waals surface area contributed by atoms with E-state index in [0.29, 0.717) is 6.42 Å². The molecule has 1 rings (SSSR count).